The number of aryl methyl sites for hydroxylation is 1. The summed E-state index contributed by atoms with van der Waals surface area (Å²) < 4.78 is 0. The Kier molecular flexibility index (Phi) is 5.47. The van der Waals surface area contributed by atoms with E-state index in [1.54, 1.807) is 11.8 Å². The molecule has 0 spiro atoms. The van der Waals surface area contributed by atoms with Gasteiger partial charge in [-0.05, 0) is 13.3 Å². The topological polar surface area (TPSA) is 91.2 Å². The van der Waals surface area contributed by atoms with E-state index >= 15 is 0 Å². The van der Waals surface area contributed by atoms with Gasteiger partial charge in [0.2, 0.25) is 11.9 Å². The lowest BCUT2D eigenvalue weighted by atomic mass is 10.1. The van der Waals surface area contributed by atoms with Crippen molar-refractivity contribution in [1.29, 1.82) is 0 Å². The molecule has 19 heavy (non-hydrogen) atoms. The fourth-order valence-corrected chi connectivity index (χ4v) is 1.55. The van der Waals surface area contributed by atoms with Crippen molar-refractivity contribution < 1.29 is 9.90 Å². The summed E-state index contributed by atoms with van der Waals surface area (Å²) in [6.07, 6.45) is 2.34. The second-order valence-corrected chi connectivity index (χ2v) is 4.58. The number of hydrogen-bond acceptors (Lipinski definition) is 6. The number of aromatic nitrogens is 3. The van der Waals surface area contributed by atoms with Gasteiger partial charge >= 0.3 is 5.97 Å². The smallest absolute Gasteiger partial charge is 0.326 e. The summed E-state index contributed by atoms with van der Waals surface area (Å²) in [6.45, 7) is 3.78. The van der Waals surface area contributed by atoms with E-state index in [0.717, 1.165) is 12.8 Å². The molecule has 0 fully saturated rings. The molecule has 0 amide bonds. The fraction of sp³-hybridized carbons (Fsp3) is 0.667. The number of carbonyl (C=O) groups is 1. The molecule has 1 aromatic rings. The summed E-state index contributed by atoms with van der Waals surface area (Å²) in [7, 11) is 3.65. The van der Waals surface area contributed by atoms with Crippen LogP contribution in [0.2, 0.25) is 0 Å². The van der Waals surface area contributed by atoms with Crippen molar-refractivity contribution in [3.05, 3.63) is 5.82 Å². The zero-order valence-corrected chi connectivity index (χ0v) is 11.8. The number of anilines is 2. The molecule has 0 saturated carbocycles. The van der Waals surface area contributed by atoms with Gasteiger partial charge in [-0.3, -0.25) is 0 Å². The maximum atomic E-state index is 11.2. The van der Waals surface area contributed by atoms with Crippen LogP contribution in [0.3, 0.4) is 0 Å². The van der Waals surface area contributed by atoms with E-state index in [2.05, 4.69) is 20.3 Å². The summed E-state index contributed by atoms with van der Waals surface area (Å²) in [5.41, 5.74) is 0. The first-order chi connectivity index (χ1) is 8.93. The Labute approximate surface area is 113 Å². The molecule has 2 N–H and O–H groups in total. The lowest BCUT2D eigenvalue weighted by Crippen LogP contribution is -2.30. The maximum Gasteiger partial charge on any atom is 0.326 e. The molecule has 1 unspecified atom stereocenters. The van der Waals surface area contributed by atoms with Crippen LogP contribution in [0.4, 0.5) is 11.9 Å². The number of aliphatic carboxylic acids is 1. The van der Waals surface area contributed by atoms with Crippen molar-refractivity contribution in [1.82, 2.24) is 15.0 Å². The van der Waals surface area contributed by atoms with Crippen molar-refractivity contribution >= 4 is 17.9 Å². The van der Waals surface area contributed by atoms with E-state index in [-0.39, 0.29) is 0 Å². The molecule has 0 radical (unpaired) electrons. The zero-order valence-electron chi connectivity index (χ0n) is 11.8. The van der Waals surface area contributed by atoms with Crippen LogP contribution in [-0.2, 0) is 4.79 Å². The van der Waals surface area contributed by atoms with Crippen LogP contribution in [0.25, 0.3) is 0 Å². The van der Waals surface area contributed by atoms with Gasteiger partial charge in [-0.2, -0.15) is 15.0 Å². The molecule has 0 bridgehead atoms. The maximum absolute atomic E-state index is 11.2. The number of hydrogen-bond donors (Lipinski definition) is 2. The predicted molar refractivity (Wildman–Crippen MR) is 73.5 cm³/mol. The summed E-state index contributed by atoms with van der Waals surface area (Å²) in [4.78, 5) is 25.4. The van der Waals surface area contributed by atoms with Gasteiger partial charge in [-0.15, -0.1) is 0 Å². The van der Waals surface area contributed by atoms with Crippen LogP contribution in [0.5, 0.6) is 0 Å². The minimum Gasteiger partial charge on any atom is -0.480 e. The number of carboxylic acids is 1. The van der Waals surface area contributed by atoms with Crippen LogP contribution in [0.15, 0.2) is 0 Å². The Morgan fingerprint density at radius 3 is 2.58 bits per heavy atom. The minimum atomic E-state index is -0.891. The normalized spacial score (nSPS) is 12.0. The number of unbranched alkanes of at least 4 members (excludes halogenated alkanes) is 1. The number of rotatable bonds is 7. The molecule has 0 saturated heterocycles. The average molecular weight is 267 g/mol. The van der Waals surface area contributed by atoms with Crippen LogP contribution in [-0.4, -0.2) is 46.2 Å². The largest absolute Gasteiger partial charge is 0.480 e. The number of nitrogens with zero attached hydrogens (tertiary/aromatic N) is 4. The molecule has 7 nitrogen and oxygen atoms in total. The molecule has 1 atom stereocenters. The molecule has 106 valence electrons. The second-order valence-electron chi connectivity index (χ2n) is 4.58. The summed E-state index contributed by atoms with van der Waals surface area (Å²) in [5.74, 6) is 0.480. The SMILES string of the molecule is CCCCC(Nc1nc(C)nc(N(C)C)n1)C(=O)O. The summed E-state index contributed by atoms with van der Waals surface area (Å²) in [6, 6.07) is -0.670. The van der Waals surface area contributed by atoms with E-state index in [4.69, 9.17) is 5.11 Å². The van der Waals surface area contributed by atoms with Crippen molar-refractivity contribution in [2.24, 2.45) is 0 Å². The Balaban J connectivity index is 2.86. The number of nitrogens with one attached hydrogen (secondary N) is 1. The van der Waals surface area contributed by atoms with E-state index in [1.165, 1.54) is 0 Å². The highest BCUT2D eigenvalue weighted by Crippen LogP contribution is 2.11. The van der Waals surface area contributed by atoms with Gasteiger partial charge in [0.05, 0.1) is 0 Å². The predicted octanol–water partition coefficient (Wildman–Crippen LogP) is 1.30. The van der Waals surface area contributed by atoms with Crippen molar-refractivity contribution in [2.45, 2.75) is 39.2 Å². The first-order valence-electron chi connectivity index (χ1n) is 6.33. The Bertz CT molecular complexity index is 436. The van der Waals surface area contributed by atoms with Gasteiger partial charge in [-0.1, -0.05) is 19.8 Å². The van der Waals surface area contributed by atoms with E-state index in [1.807, 2.05) is 21.0 Å². The minimum absolute atomic E-state index is 0.305. The third-order valence-corrected chi connectivity index (χ3v) is 2.58. The first kappa shape index (κ1) is 15.1. The van der Waals surface area contributed by atoms with Crippen molar-refractivity contribution in [2.75, 3.05) is 24.3 Å². The van der Waals surface area contributed by atoms with Crippen LogP contribution < -0.4 is 10.2 Å². The quantitative estimate of drug-likeness (QED) is 0.769. The Hall–Kier alpha value is -1.92. The molecule has 0 aliphatic heterocycles. The molecular formula is C12H21N5O2. The van der Waals surface area contributed by atoms with Gasteiger partial charge in [0.1, 0.15) is 11.9 Å². The monoisotopic (exact) mass is 267 g/mol. The van der Waals surface area contributed by atoms with Crippen LogP contribution >= 0.6 is 0 Å². The van der Waals surface area contributed by atoms with E-state index in [0.29, 0.717) is 24.1 Å². The van der Waals surface area contributed by atoms with Gasteiger partial charge < -0.3 is 15.3 Å². The lowest BCUT2D eigenvalue weighted by molar-refractivity contribution is -0.138. The second kappa shape index (κ2) is 6.86. The van der Waals surface area contributed by atoms with Gasteiger partial charge in [0.15, 0.2) is 0 Å². The standard InChI is InChI=1S/C12H21N5O2/c1-5-6-7-9(10(18)19)15-11-13-8(2)14-12(16-11)17(3)4/h9H,5-7H2,1-4H3,(H,18,19)(H,13,14,15,16). The van der Waals surface area contributed by atoms with Crippen molar-refractivity contribution in [3.63, 3.8) is 0 Å². The molecule has 0 aromatic carbocycles. The van der Waals surface area contributed by atoms with Gasteiger partial charge in [0, 0.05) is 14.1 Å². The third kappa shape index (κ3) is 4.69. The summed E-state index contributed by atoms with van der Waals surface area (Å²) in [5, 5.41) is 12.0. The molecule has 0 aliphatic carbocycles. The third-order valence-electron chi connectivity index (χ3n) is 2.58. The van der Waals surface area contributed by atoms with Crippen molar-refractivity contribution in [3.8, 4) is 0 Å². The molecule has 1 heterocycles. The number of carboxylic acid groups (broad SMARTS) is 1. The highest BCUT2D eigenvalue weighted by atomic mass is 16.4. The Morgan fingerprint density at radius 1 is 1.37 bits per heavy atom. The molecule has 1 rings (SSSR count). The molecule has 1 aromatic heterocycles. The van der Waals surface area contributed by atoms with Gasteiger partial charge in [-0.25, -0.2) is 4.79 Å². The highest BCUT2D eigenvalue weighted by Gasteiger charge is 2.18. The molecule has 7 heteroatoms. The average Bonchev–Trinajstić information content (AvgIpc) is 2.33. The van der Waals surface area contributed by atoms with E-state index in [9.17, 15) is 4.79 Å². The van der Waals surface area contributed by atoms with E-state index < -0.39 is 12.0 Å². The first-order valence-corrected chi connectivity index (χ1v) is 6.33. The van der Waals surface area contributed by atoms with Crippen LogP contribution in [0.1, 0.15) is 32.0 Å². The Morgan fingerprint density at radius 2 is 2.05 bits per heavy atom. The fourth-order valence-electron chi connectivity index (χ4n) is 1.55. The molecule has 0 aliphatic rings. The summed E-state index contributed by atoms with van der Waals surface area (Å²) >= 11 is 0. The zero-order chi connectivity index (χ0) is 14.4. The van der Waals surface area contributed by atoms with Gasteiger partial charge in [0.25, 0.3) is 0 Å². The molecular weight excluding hydrogens is 246 g/mol. The highest BCUT2D eigenvalue weighted by molar-refractivity contribution is 5.76. The van der Waals surface area contributed by atoms with Crippen LogP contribution in [0, 0.1) is 6.92 Å². The lowest BCUT2D eigenvalue weighted by Gasteiger charge is -2.16.